The van der Waals surface area contributed by atoms with Gasteiger partial charge in [-0.3, -0.25) is 9.69 Å². The number of likely N-dealkylation sites (tertiary alicyclic amines) is 1. The van der Waals surface area contributed by atoms with Crippen LogP contribution in [0.5, 0.6) is 0 Å². The summed E-state index contributed by atoms with van der Waals surface area (Å²) in [4.78, 5) is 17.9. The van der Waals surface area contributed by atoms with Crippen molar-refractivity contribution >= 4 is 5.91 Å². The molecule has 0 radical (unpaired) electrons. The summed E-state index contributed by atoms with van der Waals surface area (Å²) in [6.45, 7) is 5.20. The minimum Gasteiger partial charge on any atom is -0.364 e. The van der Waals surface area contributed by atoms with Crippen molar-refractivity contribution in [2.75, 3.05) is 13.1 Å². The number of nitrogens with zero attached hydrogens (tertiary/aromatic N) is 2. The van der Waals surface area contributed by atoms with E-state index in [-0.39, 0.29) is 24.1 Å². The molecular weight excluding hydrogens is 331 g/mol. The highest BCUT2D eigenvalue weighted by atomic mass is 19.4. The maximum atomic E-state index is 13.0. The fourth-order valence-electron chi connectivity index (χ4n) is 3.99. The zero-order valence-electron chi connectivity index (χ0n) is 14.6. The molecule has 0 aromatic carbocycles. The Hall–Kier alpha value is -1.63. The molecule has 1 aliphatic carbocycles. The Morgan fingerprint density at radius 1 is 1.44 bits per heavy atom. The average Bonchev–Trinajstić information content (AvgIpc) is 2.82. The topological polar surface area (TPSA) is 59.2 Å². The number of pyridine rings is 1. The van der Waals surface area contributed by atoms with Crippen LogP contribution in [0.1, 0.15) is 60.4 Å². The van der Waals surface area contributed by atoms with Gasteiger partial charge in [-0.1, -0.05) is 13.8 Å². The van der Waals surface area contributed by atoms with Crippen LogP contribution in [-0.4, -0.2) is 35.1 Å². The quantitative estimate of drug-likeness (QED) is 0.906. The van der Waals surface area contributed by atoms with Gasteiger partial charge in [0.05, 0.1) is 11.6 Å². The molecule has 1 fully saturated rings. The fraction of sp³-hybridized carbons (Fsp3) is 0.667. The van der Waals surface area contributed by atoms with Crippen LogP contribution >= 0.6 is 0 Å². The lowest BCUT2D eigenvalue weighted by atomic mass is 9.90. The van der Waals surface area contributed by atoms with Crippen LogP contribution in [0.25, 0.3) is 0 Å². The predicted molar refractivity (Wildman–Crippen MR) is 88.2 cm³/mol. The molecule has 4 nitrogen and oxygen atoms in total. The molecular formula is C18H24F3N3O. The van der Waals surface area contributed by atoms with Crippen molar-refractivity contribution in [3.63, 3.8) is 0 Å². The van der Waals surface area contributed by atoms with Crippen molar-refractivity contribution in [2.24, 2.45) is 11.7 Å². The van der Waals surface area contributed by atoms with E-state index in [9.17, 15) is 18.0 Å². The number of halogens is 3. The predicted octanol–water partition coefficient (Wildman–Crippen LogP) is 3.18. The summed E-state index contributed by atoms with van der Waals surface area (Å²) >= 11 is 0. The highest BCUT2D eigenvalue weighted by Crippen LogP contribution is 2.40. The molecule has 7 heteroatoms. The zero-order chi connectivity index (χ0) is 18.4. The third-order valence-corrected chi connectivity index (χ3v) is 5.47. The lowest BCUT2D eigenvalue weighted by Crippen LogP contribution is -2.41. The molecule has 138 valence electrons. The first kappa shape index (κ1) is 18.2. The number of alkyl halides is 3. The van der Waals surface area contributed by atoms with Gasteiger partial charge in [0.2, 0.25) is 0 Å². The number of carbonyl (C=O) groups is 1. The van der Waals surface area contributed by atoms with Crippen molar-refractivity contribution in [3.05, 3.63) is 28.6 Å². The van der Waals surface area contributed by atoms with Crippen LogP contribution in [-0.2, 0) is 18.4 Å². The van der Waals surface area contributed by atoms with Gasteiger partial charge in [0.15, 0.2) is 0 Å². The van der Waals surface area contributed by atoms with E-state index in [4.69, 9.17) is 5.73 Å². The Morgan fingerprint density at radius 3 is 2.80 bits per heavy atom. The molecule has 1 atom stereocenters. The number of nitrogens with two attached hydrogens (primary N) is 1. The highest BCUT2D eigenvalue weighted by molar-refractivity contribution is 5.91. The molecule has 1 aromatic rings. The molecule has 2 heterocycles. The van der Waals surface area contributed by atoms with Gasteiger partial charge >= 0.3 is 6.18 Å². The third-order valence-electron chi connectivity index (χ3n) is 5.47. The zero-order valence-corrected chi connectivity index (χ0v) is 14.6. The summed E-state index contributed by atoms with van der Waals surface area (Å²) < 4.78 is 39.1. The second-order valence-corrected chi connectivity index (χ2v) is 7.86. The van der Waals surface area contributed by atoms with E-state index in [0.717, 1.165) is 29.7 Å². The van der Waals surface area contributed by atoms with Crippen LogP contribution in [0.4, 0.5) is 13.2 Å². The Kier molecular flexibility index (Phi) is 4.56. The van der Waals surface area contributed by atoms with Gasteiger partial charge in [0, 0.05) is 18.5 Å². The van der Waals surface area contributed by atoms with Gasteiger partial charge in [-0.05, 0) is 49.4 Å². The minimum absolute atomic E-state index is 0.00982. The number of hydrogen-bond donors (Lipinski definition) is 1. The monoisotopic (exact) mass is 355 g/mol. The van der Waals surface area contributed by atoms with Gasteiger partial charge in [-0.25, -0.2) is 4.98 Å². The summed E-state index contributed by atoms with van der Waals surface area (Å²) in [5.74, 6) is -1.87. The maximum absolute atomic E-state index is 13.0. The summed E-state index contributed by atoms with van der Waals surface area (Å²) in [6.07, 6.45) is -1.69. The van der Waals surface area contributed by atoms with Gasteiger partial charge in [-0.2, -0.15) is 13.2 Å². The van der Waals surface area contributed by atoms with Crippen LogP contribution in [0.15, 0.2) is 6.07 Å². The Morgan fingerprint density at radius 2 is 2.16 bits per heavy atom. The number of amides is 1. The lowest BCUT2D eigenvalue weighted by molar-refractivity contribution is -0.187. The van der Waals surface area contributed by atoms with Crippen molar-refractivity contribution in [2.45, 2.75) is 57.7 Å². The molecule has 1 saturated heterocycles. The molecule has 2 aliphatic rings. The second kappa shape index (κ2) is 6.27. The third kappa shape index (κ3) is 3.66. The van der Waals surface area contributed by atoms with Gasteiger partial charge in [0.25, 0.3) is 5.91 Å². The molecule has 0 saturated carbocycles. The van der Waals surface area contributed by atoms with E-state index in [1.54, 1.807) is 6.07 Å². The molecule has 3 rings (SSSR count). The molecule has 1 unspecified atom stereocenters. The molecule has 1 aromatic heterocycles. The molecule has 0 bridgehead atoms. The second-order valence-electron chi connectivity index (χ2n) is 7.86. The first-order valence-corrected chi connectivity index (χ1v) is 8.70. The summed E-state index contributed by atoms with van der Waals surface area (Å²) in [5.41, 5.74) is 8.30. The number of carbonyl (C=O) groups excluding carboxylic acids is 1. The molecule has 25 heavy (non-hydrogen) atoms. The maximum Gasteiger partial charge on any atom is 0.393 e. The molecule has 1 amide bonds. The summed E-state index contributed by atoms with van der Waals surface area (Å²) in [6, 6.07) is 1.67. The van der Waals surface area contributed by atoms with Gasteiger partial charge < -0.3 is 5.73 Å². The smallest absolute Gasteiger partial charge is 0.364 e. The van der Waals surface area contributed by atoms with Gasteiger partial charge in [-0.15, -0.1) is 0 Å². The van der Waals surface area contributed by atoms with E-state index in [2.05, 4.69) is 18.8 Å². The fourth-order valence-corrected chi connectivity index (χ4v) is 3.99. The summed E-state index contributed by atoms with van der Waals surface area (Å²) in [7, 11) is 0. The largest absolute Gasteiger partial charge is 0.393 e. The lowest BCUT2D eigenvalue weighted by Gasteiger charge is -2.34. The van der Waals surface area contributed by atoms with E-state index in [1.165, 1.54) is 0 Å². The van der Waals surface area contributed by atoms with Crippen LogP contribution in [0, 0.1) is 5.92 Å². The van der Waals surface area contributed by atoms with E-state index < -0.39 is 18.0 Å². The van der Waals surface area contributed by atoms with Crippen LogP contribution in [0.3, 0.4) is 0 Å². The van der Waals surface area contributed by atoms with E-state index >= 15 is 0 Å². The summed E-state index contributed by atoms with van der Waals surface area (Å²) in [5, 5.41) is 0. The highest BCUT2D eigenvalue weighted by Gasteiger charge is 2.42. The standard InChI is InChI=1S/C18H24F3N3O/c1-17(2)6-5-13-11(8-14(16(22)25)23-15(13)17)9-24-7-3-4-12(10-24)18(19,20)21/h8,12H,3-7,9-10H2,1-2H3,(H2,22,25). The van der Waals surface area contributed by atoms with Gasteiger partial charge in [0.1, 0.15) is 5.69 Å². The van der Waals surface area contributed by atoms with Crippen molar-refractivity contribution in [1.29, 1.82) is 0 Å². The SMILES string of the molecule is CC1(C)CCc2c(CN3CCCC(C(F)(F)F)C3)cc(C(N)=O)nc21. The van der Waals surface area contributed by atoms with E-state index in [0.29, 0.717) is 19.5 Å². The Balaban J connectivity index is 1.89. The number of piperidine rings is 1. The Bertz CT molecular complexity index is 685. The number of aromatic nitrogens is 1. The van der Waals surface area contributed by atoms with E-state index in [1.807, 2.05) is 4.90 Å². The average molecular weight is 355 g/mol. The minimum atomic E-state index is -4.15. The number of hydrogen-bond acceptors (Lipinski definition) is 3. The molecule has 0 spiro atoms. The molecule has 2 N–H and O–H groups in total. The van der Waals surface area contributed by atoms with Crippen molar-refractivity contribution < 1.29 is 18.0 Å². The number of fused-ring (bicyclic) bond motifs is 1. The Labute approximate surface area is 145 Å². The first-order valence-electron chi connectivity index (χ1n) is 8.70. The normalized spacial score (nSPS) is 23.5. The molecule has 1 aliphatic heterocycles. The van der Waals surface area contributed by atoms with Crippen LogP contribution in [0.2, 0.25) is 0 Å². The van der Waals surface area contributed by atoms with Crippen molar-refractivity contribution in [3.8, 4) is 0 Å². The number of primary amides is 1. The number of rotatable bonds is 3. The van der Waals surface area contributed by atoms with Crippen molar-refractivity contribution in [1.82, 2.24) is 9.88 Å². The van der Waals surface area contributed by atoms with Crippen LogP contribution < -0.4 is 5.73 Å². The first-order chi connectivity index (χ1) is 11.6.